The molecule has 29 heavy (non-hydrogen) atoms. The first kappa shape index (κ1) is 19.3. The molecular formula is C19H22FN5O4. The van der Waals surface area contributed by atoms with Gasteiger partial charge in [-0.05, 0) is 25.3 Å². The summed E-state index contributed by atoms with van der Waals surface area (Å²) in [7, 11) is 0. The Morgan fingerprint density at radius 3 is 2.76 bits per heavy atom. The van der Waals surface area contributed by atoms with E-state index in [-0.39, 0.29) is 53.4 Å². The molecule has 1 unspecified atom stereocenters. The van der Waals surface area contributed by atoms with Crippen LogP contribution in [0.4, 0.5) is 10.2 Å². The third kappa shape index (κ3) is 3.67. The highest BCUT2D eigenvalue weighted by molar-refractivity contribution is 5.92. The maximum Gasteiger partial charge on any atom is 0.341 e. The van der Waals surface area contributed by atoms with E-state index in [0.29, 0.717) is 19.5 Å². The number of carboxylic acids is 1. The number of pyridine rings is 2. The van der Waals surface area contributed by atoms with Crippen LogP contribution in [-0.4, -0.2) is 52.2 Å². The quantitative estimate of drug-likeness (QED) is 0.644. The lowest BCUT2D eigenvalue weighted by atomic mass is 10.2. The van der Waals surface area contributed by atoms with Crippen molar-refractivity contribution in [3.8, 4) is 0 Å². The minimum absolute atomic E-state index is 0.0370. The van der Waals surface area contributed by atoms with E-state index in [2.05, 4.69) is 10.3 Å². The molecule has 1 atom stereocenters. The fraction of sp³-hybridized carbons (Fsp3) is 0.474. The average molecular weight is 403 g/mol. The van der Waals surface area contributed by atoms with E-state index in [1.165, 1.54) is 6.20 Å². The van der Waals surface area contributed by atoms with Crippen LogP contribution in [0.3, 0.4) is 0 Å². The summed E-state index contributed by atoms with van der Waals surface area (Å²) in [5, 5.41) is 12.1. The molecule has 154 valence electrons. The molecule has 2 fully saturated rings. The first-order chi connectivity index (χ1) is 13.9. The summed E-state index contributed by atoms with van der Waals surface area (Å²) in [6.07, 6.45) is 3.88. The van der Waals surface area contributed by atoms with Gasteiger partial charge in [-0.3, -0.25) is 9.59 Å². The van der Waals surface area contributed by atoms with Gasteiger partial charge in [0.1, 0.15) is 11.2 Å². The number of carbonyl (C=O) groups excluding carboxylic acids is 1. The molecule has 1 saturated carbocycles. The number of nitrogens with one attached hydrogen (secondary N) is 1. The van der Waals surface area contributed by atoms with E-state index < -0.39 is 17.2 Å². The second-order valence-electron chi connectivity index (χ2n) is 7.52. The van der Waals surface area contributed by atoms with Crippen LogP contribution in [0.2, 0.25) is 0 Å². The van der Waals surface area contributed by atoms with Crippen LogP contribution < -0.4 is 21.4 Å². The molecule has 1 aliphatic heterocycles. The molecular weight excluding hydrogens is 381 g/mol. The summed E-state index contributed by atoms with van der Waals surface area (Å²) < 4.78 is 16.5. The van der Waals surface area contributed by atoms with Crippen LogP contribution in [0.1, 0.15) is 42.1 Å². The Hall–Kier alpha value is -3.01. The van der Waals surface area contributed by atoms with E-state index in [0.717, 1.165) is 18.9 Å². The highest BCUT2D eigenvalue weighted by Gasteiger charge is 2.30. The normalized spacial score (nSPS) is 19.0. The van der Waals surface area contributed by atoms with E-state index in [1.807, 2.05) is 0 Å². The van der Waals surface area contributed by atoms with Gasteiger partial charge in [-0.25, -0.2) is 14.2 Å². The largest absolute Gasteiger partial charge is 0.477 e. The maximum absolute atomic E-state index is 14.8. The van der Waals surface area contributed by atoms with Gasteiger partial charge >= 0.3 is 5.97 Å². The number of amides is 1. The van der Waals surface area contributed by atoms with Gasteiger partial charge in [0.05, 0.1) is 5.39 Å². The lowest BCUT2D eigenvalue weighted by Gasteiger charge is -2.20. The summed E-state index contributed by atoms with van der Waals surface area (Å²) in [6.45, 7) is 1.16. The van der Waals surface area contributed by atoms with E-state index >= 15 is 0 Å². The number of rotatable bonds is 6. The number of anilines is 1. The SMILES string of the molecule is NCCC(=O)NC1CCN(c2nc3c(cc2F)c(=O)c(C(=O)O)cn3C2CC2)C1. The summed E-state index contributed by atoms with van der Waals surface area (Å²) in [4.78, 5) is 41.8. The first-order valence-corrected chi connectivity index (χ1v) is 9.62. The number of hydrogen-bond acceptors (Lipinski definition) is 6. The zero-order valence-electron chi connectivity index (χ0n) is 15.7. The lowest BCUT2D eigenvalue weighted by molar-refractivity contribution is -0.121. The molecule has 10 heteroatoms. The number of aromatic carboxylic acids is 1. The predicted molar refractivity (Wildman–Crippen MR) is 104 cm³/mol. The van der Waals surface area contributed by atoms with Gasteiger partial charge in [0.15, 0.2) is 11.6 Å². The van der Waals surface area contributed by atoms with Crippen LogP contribution in [0.15, 0.2) is 17.1 Å². The molecule has 2 aliphatic rings. The molecule has 4 N–H and O–H groups in total. The van der Waals surface area contributed by atoms with Crippen molar-refractivity contribution in [3.05, 3.63) is 33.9 Å². The lowest BCUT2D eigenvalue weighted by Crippen LogP contribution is -2.38. The Labute approximate surface area is 165 Å². The molecule has 1 amide bonds. The Bertz CT molecular complexity index is 1050. The smallest absolute Gasteiger partial charge is 0.341 e. The number of nitrogens with two attached hydrogens (primary N) is 1. The summed E-state index contributed by atoms with van der Waals surface area (Å²) in [6, 6.07) is 1.00. The Balaban J connectivity index is 1.70. The number of hydrogen-bond donors (Lipinski definition) is 3. The Kier molecular flexibility index (Phi) is 4.95. The zero-order chi connectivity index (χ0) is 20.7. The molecule has 0 radical (unpaired) electrons. The number of carbonyl (C=O) groups is 2. The minimum Gasteiger partial charge on any atom is -0.477 e. The van der Waals surface area contributed by atoms with Gasteiger partial charge in [0, 0.05) is 44.3 Å². The molecule has 2 aromatic heterocycles. The second-order valence-corrected chi connectivity index (χ2v) is 7.52. The van der Waals surface area contributed by atoms with Gasteiger partial charge in [0.2, 0.25) is 11.3 Å². The van der Waals surface area contributed by atoms with Crippen molar-refractivity contribution in [2.75, 3.05) is 24.5 Å². The van der Waals surface area contributed by atoms with Crippen molar-refractivity contribution in [2.24, 2.45) is 5.73 Å². The fourth-order valence-corrected chi connectivity index (χ4v) is 3.74. The number of fused-ring (bicyclic) bond motifs is 1. The van der Waals surface area contributed by atoms with Gasteiger partial charge < -0.3 is 25.6 Å². The van der Waals surface area contributed by atoms with Crippen molar-refractivity contribution < 1.29 is 19.1 Å². The van der Waals surface area contributed by atoms with Crippen LogP contribution in [0, 0.1) is 5.82 Å². The van der Waals surface area contributed by atoms with Crippen LogP contribution >= 0.6 is 0 Å². The second kappa shape index (κ2) is 7.43. The number of aromatic nitrogens is 2. The number of carboxylic acid groups (broad SMARTS) is 1. The molecule has 0 spiro atoms. The predicted octanol–water partition coefficient (Wildman–Crippen LogP) is 0.612. The number of nitrogens with zero attached hydrogens (tertiary/aromatic N) is 3. The number of halogens is 1. The van der Waals surface area contributed by atoms with Gasteiger partial charge in [-0.2, -0.15) is 0 Å². The third-order valence-corrected chi connectivity index (χ3v) is 5.33. The molecule has 2 aromatic rings. The minimum atomic E-state index is -1.34. The highest BCUT2D eigenvalue weighted by Crippen LogP contribution is 2.37. The summed E-state index contributed by atoms with van der Waals surface area (Å²) in [5.74, 6) is -2.07. The van der Waals surface area contributed by atoms with E-state index in [1.54, 1.807) is 9.47 Å². The summed E-state index contributed by atoms with van der Waals surface area (Å²) in [5.41, 5.74) is 4.54. The maximum atomic E-state index is 14.8. The van der Waals surface area contributed by atoms with Gasteiger partial charge in [-0.1, -0.05) is 0 Å². The fourth-order valence-electron chi connectivity index (χ4n) is 3.74. The van der Waals surface area contributed by atoms with Crippen LogP contribution in [0.5, 0.6) is 0 Å². The molecule has 0 aromatic carbocycles. The van der Waals surface area contributed by atoms with Crippen molar-refractivity contribution in [2.45, 2.75) is 37.8 Å². The molecule has 9 nitrogen and oxygen atoms in total. The van der Waals surface area contributed by atoms with E-state index in [9.17, 15) is 23.9 Å². The Morgan fingerprint density at radius 2 is 2.10 bits per heavy atom. The van der Waals surface area contributed by atoms with Crippen LogP contribution in [-0.2, 0) is 4.79 Å². The Morgan fingerprint density at radius 1 is 1.34 bits per heavy atom. The molecule has 4 rings (SSSR count). The van der Waals surface area contributed by atoms with Gasteiger partial charge in [0.25, 0.3) is 0 Å². The third-order valence-electron chi connectivity index (χ3n) is 5.33. The molecule has 1 saturated heterocycles. The molecule has 1 aliphatic carbocycles. The van der Waals surface area contributed by atoms with Crippen molar-refractivity contribution >= 4 is 28.7 Å². The summed E-state index contributed by atoms with van der Waals surface area (Å²) >= 11 is 0. The van der Waals surface area contributed by atoms with Crippen molar-refractivity contribution in [1.82, 2.24) is 14.9 Å². The zero-order valence-corrected chi connectivity index (χ0v) is 15.7. The highest BCUT2D eigenvalue weighted by atomic mass is 19.1. The average Bonchev–Trinajstić information content (AvgIpc) is 3.41. The van der Waals surface area contributed by atoms with Gasteiger partial charge in [-0.15, -0.1) is 0 Å². The van der Waals surface area contributed by atoms with E-state index in [4.69, 9.17) is 5.73 Å². The standard InChI is InChI=1S/C19H22FN5O4/c20-14-7-12-16(27)13(19(28)29)9-25(11-1-2-11)17(12)23-18(14)24-6-4-10(8-24)22-15(26)3-5-21/h7,9-11H,1-6,8,21H2,(H,22,26)(H,28,29). The first-order valence-electron chi connectivity index (χ1n) is 9.62. The monoisotopic (exact) mass is 403 g/mol. The topological polar surface area (TPSA) is 131 Å². The molecule has 3 heterocycles. The van der Waals surface area contributed by atoms with Crippen molar-refractivity contribution in [3.63, 3.8) is 0 Å². The molecule has 0 bridgehead atoms. The van der Waals surface area contributed by atoms with Crippen LogP contribution in [0.25, 0.3) is 11.0 Å². The van der Waals surface area contributed by atoms with Crippen molar-refractivity contribution in [1.29, 1.82) is 0 Å².